The zero-order chi connectivity index (χ0) is 15.2. The fourth-order valence-electron chi connectivity index (χ4n) is 2.73. The number of benzene rings is 1. The standard InChI is InChI=1S/C15H23N3O3/c1-2-17-8-7-12(11-17)9-16-10-15(19)13-3-5-14(6-4-13)18(20)21/h3-6,12,15-16,19H,2,7-11H2,1H3. The van der Waals surface area contributed by atoms with Gasteiger partial charge in [0.05, 0.1) is 11.0 Å². The lowest BCUT2D eigenvalue weighted by Crippen LogP contribution is -2.29. The van der Waals surface area contributed by atoms with E-state index in [1.165, 1.54) is 18.6 Å². The predicted molar refractivity (Wildman–Crippen MR) is 81.1 cm³/mol. The zero-order valence-corrected chi connectivity index (χ0v) is 12.4. The highest BCUT2D eigenvalue weighted by Gasteiger charge is 2.20. The van der Waals surface area contributed by atoms with Crippen LogP contribution in [0.3, 0.4) is 0 Å². The number of aliphatic hydroxyl groups is 1. The first-order valence-corrected chi connectivity index (χ1v) is 7.45. The zero-order valence-electron chi connectivity index (χ0n) is 12.4. The van der Waals surface area contributed by atoms with E-state index < -0.39 is 11.0 Å². The quantitative estimate of drug-likeness (QED) is 0.589. The minimum absolute atomic E-state index is 0.0459. The number of nitro benzene ring substituents is 1. The van der Waals surface area contributed by atoms with Gasteiger partial charge >= 0.3 is 0 Å². The summed E-state index contributed by atoms with van der Waals surface area (Å²) in [5.41, 5.74) is 0.749. The van der Waals surface area contributed by atoms with Gasteiger partial charge in [-0.1, -0.05) is 6.92 Å². The van der Waals surface area contributed by atoms with E-state index in [2.05, 4.69) is 17.1 Å². The van der Waals surface area contributed by atoms with Crippen molar-refractivity contribution >= 4 is 5.69 Å². The first-order chi connectivity index (χ1) is 10.1. The normalized spacial score (nSPS) is 20.6. The summed E-state index contributed by atoms with van der Waals surface area (Å²) in [6.07, 6.45) is 0.573. The molecule has 1 aromatic rings. The van der Waals surface area contributed by atoms with Crippen molar-refractivity contribution in [1.29, 1.82) is 0 Å². The van der Waals surface area contributed by atoms with Crippen molar-refractivity contribution in [3.05, 3.63) is 39.9 Å². The van der Waals surface area contributed by atoms with Crippen molar-refractivity contribution in [3.8, 4) is 0 Å². The molecule has 1 saturated heterocycles. The fraction of sp³-hybridized carbons (Fsp3) is 0.600. The van der Waals surface area contributed by atoms with E-state index in [1.54, 1.807) is 12.1 Å². The predicted octanol–water partition coefficient (Wildman–Crippen LogP) is 1.56. The molecule has 0 amide bonds. The molecule has 1 aliphatic rings. The third-order valence-electron chi connectivity index (χ3n) is 4.08. The highest BCUT2D eigenvalue weighted by atomic mass is 16.6. The summed E-state index contributed by atoms with van der Waals surface area (Å²) in [5.74, 6) is 0.647. The summed E-state index contributed by atoms with van der Waals surface area (Å²) < 4.78 is 0. The smallest absolute Gasteiger partial charge is 0.269 e. The van der Waals surface area contributed by atoms with Gasteiger partial charge in [0.15, 0.2) is 0 Å². The van der Waals surface area contributed by atoms with Gasteiger partial charge in [-0.15, -0.1) is 0 Å². The summed E-state index contributed by atoms with van der Waals surface area (Å²) in [7, 11) is 0. The number of rotatable bonds is 7. The van der Waals surface area contributed by atoms with E-state index in [0.29, 0.717) is 18.0 Å². The number of likely N-dealkylation sites (tertiary alicyclic amines) is 1. The van der Waals surface area contributed by atoms with Gasteiger partial charge < -0.3 is 15.3 Å². The first-order valence-electron chi connectivity index (χ1n) is 7.45. The number of hydrogen-bond acceptors (Lipinski definition) is 5. The van der Waals surface area contributed by atoms with E-state index in [1.807, 2.05) is 0 Å². The third-order valence-corrected chi connectivity index (χ3v) is 4.08. The first kappa shape index (κ1) is 15.9. The van der Waals surface area contributed by atoms with E-state index in [-0.39, 0.29) is 5.69 Å². The average molecular weight is 293 g/mol. The summed E-state index contributed by atoms with van der Waals surface area (Å²) in [6.45, 7) is 6.93. The average Bonchev–Trinajstić information content (AvgIpc) is 2.95. The van der Waals surface area contributed by atoms with Crippen LogP contribution in [0.5, 0.6) is 0 Å². The Balaban J connectivity index is 1.74. The van der Waals surface area contributed by atoms with Crippen molar-refractivity contribution < 1.29 is 10.0 Å². The second-order valence-electron chi connectivity index (χ2n) is 5.57. The molecular formula is C15H23N3O3. The largest absolute Gasteiger partial charge is 0.387 e. The molecule has 1 fully saturated rings. The highest BCUT2D eigenvalue weighted by molar-refractivity contribution is 5.33. The van der Waals surface area contributed by atoms with Gasteiger partial charge in [0.2, 0.25) is 0 Å². The SMILES string of the molecule is CCN1CCC(CNCC(O)c2ccc([N+](=O)[O-])cc2)C1. The van der Waals surface area contributed by atoms with Gasteiger partial charge in [0.25, 0.3) is 5.69 Å². The number of nitrogens with one attached hydrogen (secondary N) is 1. The van der Waals surface area contributed by atoms with Gasteiger partial charge in [-0.25, -0.2) is 0 Å². The van der Waals surface area contributed by atoms with Crippen LogP contribution in [0, 0.1) is 16.0 Å². The molecule has 1 aromatic carbocycles. The number of nitrogens with zero attached hydrogens (tertiary/aromatic N) is 2. The molecule has 2 unspecified atom stereocenters. The van der Waals surface area contributed by atoms with Crippen molar-refractivity contribution in [2.45, 2.75) is 19.4 Å². The van der Waals surface area contributed by atoms with Crippen LogP contribution in [0.25, 0.3) is 0 Å². The van der Waals surface area contributed by atoms with Gasteiger partial charge in [-0.2, -0.15) is 0 Å². The van der Waals surface area contributed by atoms with Crippen LogP contribution in [0.2, 0.25) is 0 Å². The fourth-order valence-corrected chi connectivity index (χ4v) is 2.73. The van der Waals surface area contributed by atoms with Crippen LogP contribution in [0.1, 0.15) is 25.0 Å². The molecule has 0 spiro atoms. The Labute approximate surface area is 124 Å². The van der Waals surface area contributed by atoms with Crippen molar-refractivity contribution in [1.82, 2.24) is 10.2 Å². The third kappa shape index (κ3) is 4.49. The van der Waals surface area contributed by atoms with Crippen LogP contribution in [0.4, 0.5) is 5.69 Å². The molecule has 0 bridgehead atoms. The Morgan fingerprint density at radius 3 is 2.76 bits per heavy atom. The lowest BCUT2D eigenvalue weighted by Gasteiger charge is -2.16. The highest BCUT2D eigenvalue weighted by Crippen LogP contribution is 2.18. The molecule has 6 nitrogen and oxygen atoms in total. The van der Waals surface area contributed by atoms with Gasteiger partial charge in [-0.3, -0.25) is 10.1 Å². The van der Waals surface area contributed by atoms with Gasteiger partial charge in [-0.05, 0) is 49.7 Å². The molecular weight excluding hydrogens is 270 g/mol. The van der Waals surface area contributed by atoms with E-state index in [4.69, 9.17) is 0 Å². The second-order valence-corrected chi connectivity index (χ2v) is 5.57. The van der Waals surface area contributed by atoms with Crippen molar-refractivity contribution in [3.63, 3.8) is 0 Å². The Morgan fingerprint density at radius 1 is 1.48 bits per heavy atom. The number of non-ortho nitro benzene ring substituents is 1. The molecule has 2 rings (SSSR count). The molecule has 21 heavy (non-hydrogen) atoms. The number of hydrogen-bond donors (Lipinski definition) is 2. The summed E-state index contributed by atoms with van der Waals surface area (Å²) in [4.78, 5) is 12.6. The van der Waals surface area contributed by atoms with Gasteiger partial charge in [0, 0.05) is 25.2 Å². The van der Waals surface area contributed by atoms with Crippen LogP contribution >= 0.6 is 0 Å². The Bertz CT molecular complexity index is 464. The topological polar surface area (TPSA) is 78.6 Å². The van der Waals surface area contributed by atoms with Crippen LogP contribution < -0.4 is 5.32 Å². The monoisotopic (exact) mass is 293 g/mol. The Kier molecular flexibility index (Phi) is 5.67. The van der Waals surface area contributed by atoms with Gasteiger partial charge in [0.1, 0.15) is 0 Å². The van der Waals surface area contributed by atoms with E-state index in [9.17, 15) is 15.2 Å². The maximum absolute atomic E-state index is 10.6. The molecule has 2 N–H and O–H groups in total. The molecule has 1 aliphatic heterocycles. The molecule has 6 heteroatoms. The maximum Gasteiger partial charge on any atom is 0.269 e. The van der Waals surface area contributed by atoms with Crippen molar-refractivity contribution in [2.24, 2.45) is 5.92 Å². The summed E-state index contributed by atoms with van der Waals surface area (Å²) >= 11 is 0. The summed E-state index contributed by atoms with van der Waals surface area (Å²) in [5, 5.41) is 24.0. The molecule has 0 aliphatic carbocycles. The van der Waals surface area contributed by atoms with Crippen LogP contribution in [-0.4, -0.2) is 47.7 Å². The number of aliphatic hydroxyl groups excluding tert-OH is 1. The van der Waals surface area contributed by atoms with E-state index in [0.717, 1.165) is 26.2 Å². The molecule has 116 valence electrons. The van der Waals surface area contributed by atoms with Crippen molar-refractivity contribution in [2.75, 3.05) is 32.7 Å². The van der Waals surface area contributed by atoms with E-state index >= 15 is 0 Å². The molecule has 0 aromatic heterocycles. The second kappa shape index (κ2) is 7.49. The Morgan fingerprint density at radius 2 is 2.19 bits per heavy atom. The lowest BCUT2D eigenvalue weighted by molar-refractivity contribution is -0.384. The molecule has 1 heterocycles. The van der Waals surface area contributed by atoms with Crippen LogP contribution in [0.15, 0.2) is 24.3 Å². The summed E-state index contributed by atoms with van der Waals surface area (Å²) in [6, 6.07) is 6.07. The lowest BCUT2D eigenvalue weighted by atomic mass is 10.1. The number of nitro groups is 1. The Hall–Kier alpha value is -1.50. The minimum Gasteiger partial charge on any atom is -0.387 e. The maximum atomic E-state index is 10.6. The molecule has 2 atom stereocenters. The minimum atomic E-state index is -0.630. The molecule has 0 radical (unpaired) electrons. The van der Waals surface area contributed by atoms with Crippen LogP contribution in [-0.2, 0) is 0 Å². The molecule has 0 saturated carbocycles.